The Morgan fingerprint density at radius 1 is 1.15 bits per heavy atom. The molecule has 0 aromatic heterocycles. The Bertz CT molecular complexity index is 286. The van der Waals surface area contributed by atoms with Crippen LogP contribution in [0.15, 0.2) is 18.2 Å². The molecule has 0 spiro atoms. The summed E-state index contributed by atoms with van der Waals surface area (Å²) < 4.78 is 30.7. The lowest BCUT2D eigenvalue weighted by molar-refractivity contribution is 0.194. The number of hydrogen-bond acceptors (Lipinski definition) is 1. The molecule has 13 heavy (non-hydrogen) atoms. The molecule has 0 radical (unpaired) electrons. The summed E-state index contributed by atoms with van der Waals surface area (Å²) in [4.78, 5) is 0. The molecule has 0 bridgehead atoms. The first-order valence-corrected chi connectivity index (χ1v) is 4.29. The van der Waals surface area contributed by atoms with Gasteiger partial charge in [-0.2, -0.15) is 0 Å². The van der Waals surface area contributed by atoms with Gasteiger partial charge in [0, 0.05) is 18.6 Å². The van der Waals surface area contributed by atoms with Gasteiger partial charge in [-0.15, -0.1) is 0 Å². The van der Waals surface area contributed by atoms with Gasteiger partial charge in [0.15, 0.2) is 0 Å². The fraction of sp³-hybridized carbons (Fsp3) is 0.400. The molecule has 0 aliphatic carbocycles. The first-order valence-electron chi connectivity index (χ1n) is 4.29. The van der Waals surface area contributed by atoms with Gasteiger partial charge in [0.2, 0.25) is 0 Å². The predicted molar refractivity (Wildman–Crippen MR) is 44.5 cm³/mol. The van der Waals surface area contributed by atoms with Gasteiger partial charge in [0.1, 0.15) is 11.6 Å². The molecule has 1 saturated heterocycles. The first-order chi connectivity index (χ1) is 6.25. The zero-order valence-corrected chi connectivity index (χ0v) is 7.09. The minimum Gasteiger partial charge on any atom is -0.381 e. The highest BCUT2D eigenvalue weighted by Gasteiger charge is 2.18. The van der Waals surface area contributed by atoms with Crippen molar-refractivity contribution in [1.29, 1.82) is 0 Å². The van der Waals surface area contributed by atoms with Crippen molar-refractivity contribution in [3.05, 3.63) is 35.4 Å². The van der Waals surface area contributed by atoms with Crippen LogP contribution in [-0.2, 0) is 4.74 Å². The van der Waals surface area contributed by atoms with Crippen LogP contribution < -0.4 is 0 Å². The van der Waals surface area contributed by atoms with Crippen LogP contribution in [0.5, 0.6) is 0 Å². The van der Waals surface area contributed by atoms with Gasteiger partial charge < -0.3 is 4.74 Å². The summed E-state index contributed by atoms with van der Waals surface area (Å²) in [5.74, 6) is -0.867. The van der Waals surface area contributed by atoms with Crippen LogP contribution in [0.4, 0.5) is 8.78 Å². The third-order valence-electron chi connectivity index (χ3n) is 2.29. The average molecular weight is 184 g/mol. The van der Waals surface area contributed by atoms with Crippen molar-refractivity contribution < 1.29 is 13.5 Å². The van der Waals surface area contributed by atoms with Crippen molar-refractivity contribution in [2.75, 3.05) is 13.2 Å². The van der Waals surface area contributed by atoms with Gasteiger partial charge in [-0.25, -0.2) is 8.78 Å². The van der Waals surface area contributed by atoms with Crippen molar-refractivity contribution in [3.63, 3.8) is 0 Å². The molecule has 1 heterocycles. The number of benzene rings is 1. The highest BCUT2D eigenvalue weighted by molar-refractivity contribution is 5.22. The quantitative estimate of drug-likeness (QED) is 0.651. The maximum atomic E-state index is 12.8. The molecule has 0 amide bonds. The summed E-state index contributed by atoms with van der Waals surface area (Å²) in [6, 6.07) is 3.64. The Hall–Kier alpha value is -0.960. The normalized spacial score (nSPS) is 22.2. The van der Waals surface area contributed by atoms with E-state index in [1.807, 2.05) is 0 Å². The van der Waals surface area contributed by atoms with E-state index in [0.717, 1.165) is 12.5 Å². The minimum absolute atomic E-state index is 0.158. The maximum Gasteiger partial charge on any atom is 0.126 e. The molecule has 2 rings (SSSR count). The van der Waals surface area contributed by atoms with E-state index in [1.165, 1.54) is 12.1 Å². The molecule has 1 aromatic rings. The number of ether oxygens (including phenoxy) is 1. The molecule has 70 valence electrons. The minimum atomic E-state index is -0.512. The fourth-order valence-electron chi connectivity index (χ4n) is 1.61. The van der Waals surface area contributed by atoms with E-state index in [9.17, 15) is 8.78 Å². The van der Waals surface area contributed by atoms with Crippen LogP contribution in [0.2, 0.25) is 0 Å². The van der Waals surface area contributed by atoms with Gasteiger partial charge in [-0.3, -0.25) is 0 Å². The second-order valence-corrected chi connectivity index (χ2v) is 3.26. The Morgan fingerprint density at radius 2 is 1.85 bits per heavy atom. The van der Waals surface area contributed by atoms with E-state index in [4.69, 9.17) is 4.74 Å². The molecular weight excluding hydrogens is 174 g/mol. The SMILES string of the molecule is Fc1cc(F)cc(C2CCOC2)c1. The molecule has 1 aromatic carbocycles. The Kier molecular flexibility index (Phi) is 2.27. The van der Waals surface area contributed by atoms with Crippen LogP contribution in [0.25, 0.3) is 0 Å². The first kappa shape index (κ1) is 8.63. The molecule has 1 nitrogen and oxygen atoms in total. The lowest BCUT2D eigenvalue weighted by atomic mass is 9.98. The van der Waals surface area contributed by atoms with Crippen LogP contribution >= 0.6 is 0 Å². The fourth-order valence-corrected chi connectivity index (χ4v) is 1.61. The van der Waals surface area contributed by atoms with Crippen molar-refractivity contribution in [3.8, 4) is 0 Å². The monoisotopic (exact) mass is 184 g/mol. The molecule has 1 atom stereocenters. The summed E-state index contributed by atoms with van der Waals surface area (Å²) in [7, 11) is 0. The summed E-state index contributed by atoms with van der Waals surface area (Å²) in [5.41, 5.74) is 0.704. The van der Waals surface area contributed by atoms with Crippen LogP contribution in [0, 0.1) is 11.6 Å². The number of rotatable bonds is 1. The maximum absolute atomic E-state index is 12.8. The standard InChI is InChI=1S/C10H10F2O/c11-9-3-8(4-10(12)5-9)7-1-2-13-6-7/h3-5,7H,1-2,6H2. The third-order valence-corrected chi connectivity index (χ3v) is 2.29. The van der Waals surface area contributed by atoms with Gasteiger partial charge >= 0.3 is 0 Å². The lowest BCUT2D eigenvalue weighted by Gasteiger charge is -2.07. The van der Waals surface area contributed by atoms with E-state index in [-0.39, 0.29) is 5.92 Å². The van der Waals surface area contributed by atoms with E-state index < -0.39 is 11.6 Å². The molecular formula is C10H10F2O. The van der Waals surface area contributed by atoms with Gasteiger partial charge in [-0.05, 0) is 24.1 Å². The van der Waals surface area contributed by atoms with E-state index in [1.54, 1.807) is 0 Å². The summed E-state index contributed by atoms with van der Waals surface area (Å²) in [6.07, 6.45) is 0.850. The zero-order valence-electron chi connectivity index (χ0n) is 7.09. The zero-order chi connectivity index (χ0) is 9.26. The van der Waals surface area contributed by atoms with Gasteiger partial charge in [-0.1, -0.05) is 0 Å². The van der Waals surface area contributed by atoms with E-state index in [0.29, 0.717) is 18.8 Å². The molecule has 1 unspecified atom stereocenters. The highest BCUT2D eigenvalue weighted by Crippen LogP contribution is 2.26. The molecule has 1 fully saturated rings. The predicted octanol–water partition coefficient (Wildman–Crippen LogP) is 2.47. The third kappa shape index (κ3) is 1.86. The van der Waals surface area contributed by atoms with Gasteiger partial charge in [0.25, 0.3) is 0 Å². The molecule has 3 heteroatoms. The lowest BCUT2D eigenvalue weighted by Crippen LogP contribution is -1.98. The second-order valence-electron chi connectivity index (χ2n) is 3.26. The topological polar surface area (TPSA) is 9.23 Å². The largest absolute Gasteiger partial charge is 0.381 e. The van der Waals surface area contributed by atoms with E-state index >= 15 is 0 Å². The highest BCUT2D eigenvalue weighted by atomic mass is 19.1. The van der Waals surface area contributed by atoms with Crippen molar-refractivity contribution >= 4 is 0 Å². The smallest absolute Gasteiger partial charge is 0.126 e. The Balaban J connectivity index is 2.28. The van der Waals surface area contributed by atoms with E-state index in [2.05, 4.69) is 0 Å². The molecule has 0 N–H and O–H groups in total. The number of hydrogen-bond donors (Lipinski definition) is 0. The van der Waals surface area contributed by atoms with Gasteiger partial charge in [0.05, 0.1) is 6.61 Å². The van der Waals surface area contributed by atoms with Crippen LogP contribution in [0.1, 0.15) is 17.9 Å². The number of halogens is 2. The summed E-state index contributed by atoms with van der Waals surface area (Å²) in [6.45, 7) is 1.26. The average Bonchev–Trinajstić information content (AvgIpc) is 2.53. The molecule has 0 saturated carbocycles. The summed E-state index contributed by atoms with van der Waals surface area (Å²) >= 11 is 0. The summed E-state index contributed by atoms with van der Waals surface area (Å²) in [5, 5.41) is 0. The van der Waals surface area contributed by atoms with Crippen LogP contribution in [0.3, 0.4) is 0 Å². The molecule has 1 aliphatic heterocycles. The van der Waals surface area contributed by atoms with Crippen molar-refractivity contribution in [2.24, 2.45) is 0 Å². The Morgan fingerprint density at radius 3 is 2.38 bits per heavy atom. The molecule has 1 aliphatic rings. The van der Waals surface area contributed by atoms with Crippen molar-refractivity contribution in [2.45, 2.75) is 12.3 Å². The van der Waals surface area contributed by atoms with Crippen LogP contribution in [-0.4, -0.2) is 13.2 Å². The van der Waals surface area contributed by atoms with Crippen molar-refractivity contribution in [1.82, 2.24) is 0 Å². The Labute approximate surface area is 75.3 Å². The second kappa shape index (κ2) is 3.42.